The molecule has 0 aliphatic heterocycles. The van der Waals surface area contributed by atoms with Crippen molar-refractivity contribution in [2.45, 2.75) is 26.4 Å². The standard InChI is InChI=1S/C20H21N3O3S2/c1-14-9-10-17(28-14)16-13-27-19(22-16)23-18(24)8-5-11-21-20(25)26-12-15-6-3-2-4-7-15/h2-4,6-7,9-10,13H,5,8,11-12H2,1H3,(H,21,25)(H,22,23,24). The molecular weight excluding hydrogens is 394 g/mol. The summed E-state index contributed by atoms with van der Waals surface area (Å²) < 4.78 is 5.12. The Labute approximate surface area is 171 Å². The number of thiophene rings is 1. The number of thiazole rings is 1. The Bertz CT molecular complexity index is 922. The van der Waals surface area contributed by atoms with Crippen molar-refractivity contribution in [3.05, 3.63) is 58.3 Å². The second kappa shape index (κ2) is 10.0. The van der Waals surface area contributed by atoms with Crippen LogP contribution in [0.15, 0.2) is 47.8 Å². The lowest BCUT2D eigenvalue weighted by Crippen LogP contribution is -2.26. The number of ether oxygens (including phenoxy) is 1. The van der Waals surface area contributed by atoms with Crippen molar-refractivity contribution in [3.63, 3.8) is 0 Å². The second-order valence-electron chi connectivity index (χ2n) is 6.09. The van der Waals surface area contributed by atoms with E-state index in [2.05, 4.69) is 28.6 Å². The zero-order valence-corrected chi connectivity index (χ0v) is 17.1. The largest absolute Gasteiger partial charge is 0.445 e. The smallest absolute Gasteiger partial charge is 0.407 e. The van der Waals surface area contributed by atoms with Crippen LogP contribution in [0.4, 0.5) is 9.93 Å². The Morgan fingerprint density at radius 1 is 1.14 bits per heavy atom. The third kappa shape index (κ3) is 6.17. The minimum Gasteiger partial charge on any atom is -0.445 e. The molecule has 0 unspecified atom stereocenters. The first-order chi connectivity index (χ1) is 13.6. The quantitative estimate of drug-likeness (QED) is 0.517. The van der Waals surface area contributed by atoms with Crippen LogP contribution in [0.1, 0.15) is 23.3 Å². The minimum atomic E-state index is -0.486. The van der Waals surface area contributed by atoms with E-state index in [1.807, 2.05) is 41.8 Å². The van der Waals surface area contributed by atoms with Gasteiger partial charge >= 0.3 is 6.09 Å². The highest BCUT2D eigenvalue weighted by Crippen LogP contribution is 2.30. The monoisotopic (exact) mass is 415 g/mol. The van der Waals surface area contributed by atoms with Gasteiger partial charge in [0, 0.05) is 23.2 Å². The van der Waals surface area contributed by atoms with Crippen molar-refractivity contribution >= 4 is 39.8 Å². The highest BCUT2D eigenvalue weighted by Gasteiger charge is 2.10. The number of carbonyl (C=O) groups is 2. The van der Waals surface area contributed by atoms with Crippen molar-refractivity contribution in [2.75, 3.05) is 11.9 Å². The zero-order chi connectivity index (χ0) is 19.8. The van der Waals surface area contributed by atoms with E-state index in [0.717, 1.165) is 16.1 Å². The van der Waals surface area contributed by atoms with Gasteiger partial charge in [-0.2, -0.15) is 0 Å². The number of aryl methyl sites for hydroxylation is 1. The molecule has 2 aromatic heterocycles. The summed E-state index contributed by atoms with van der Waals surface area (Å²) in [6.45, 7) is 2.65. The molecule has 0 bridgehead atoms. The lowest BCUT2D eigenvalue weighted by atomic mass is 10.2. The number of carbonyl (C=O) groups excluding carboxylic acids is 2. The van der Waals surface area contributed by atoms with E-state index < -0.39 is 6.09 Å². The molecule has 3 rings (SSSR count). The molecule has 2 heterocycles. The molecule has 0 aliphatic rings. The summed E-state index contributed by atoms with van der Waals surface area (Å²) in [4.78, 5) is 30.4. The van der Waals surface area contributed by atoms with Gasteiger partial charge < -0.3 is 15.4 Å². The maximum atomic E-state index is 12.0. The lowest BCUT2D eigenvalue weighted by Gasteiger charge is -2.07. The van der Waals surface area contributed by atoms with Crippen LogP contribution in [0.25, 0.3) is 10.6 Å². The molecule has 0 saturated heterocycles. The van der Waals surface area contributed by atoms with Crippen LogP contribution in [0.5, 0.6) is 0 Å². The van der Waals surface area contributed by atoms with Crippen LogP contribution in [0.3, 0.4) is 0 Å². The van der Waals surface area contributed by atoms with Crippen molar-refractivity contribution in [1.29, 1.82) is 0 Å². The van der Waals surface area contributed by atoms with E-state index in [1.165, 1.54) is 16.2 Å². The Morgan fingerprint density at radius 3 is 2.71 bits per heavy atom. The molecule has 2 N–H and O–H groups in total. The number of anilines is 1. The first-order valence-corrected chi connectivity index (χ1v) is 10.6. The first-order valence-electron chi connectivity index (χ1n) is 8.87. The SMILES string of the molecule is Cc1ccc(-c2csc(NC(=O)CCCNC(=O)OCc3ccccc3)n2)s1. The highest BCUT2D eigenvalue weighted by molar-refractivity contribution is 7.17. The molecular formula is C20H21N3O3S2. The molecule has 6 nitrogen and oxygen atoms in total. The number of hydrogen-bond acceptors (Lipinski definition) is 6. The fraction of sp³-hybridized carbons (Fsp3) is 0.250. The van der Waals surface area contributed by atoms with E-state index in [4.69, 9.17) is 4.74 Å². The predicted octanol–water partition coefficient (Wildman–Crippen LogP) is 4.83. The molecule has 1 aromatic carbocycles. The van der Waals surface area contributed by atoms with E-state index in [1.54, 1.807) is 11.3 Å². The molecule has 3 aromatic rings. The number of aromatic nitrogens is 1. The van der Waals surface area contributed by atoms with Gasteiger partial charge in [0.15, 0.2) is 5.13 Å². The van der Waals surface area contributed by atoms with Gasteiger partial charge in [0.2, 0.25) is 5.91 Å². The average Bonchev–Trinajstić information content (AvgIpc) is 3.33. The van der Waals surface area contributed by atoms with Crippen molar-refractivity contribution in [2.24, 2.45) is 0 Å². The van der Waals surface area contributed by atoms with E-state index in [9.17, 15) is 9.59 Å². The van der Waals surface area contributed by atoms with Crippen LogP contribution in [-0.2, 0) is 16.1 Å². The second-order valence-corrected chi connectivity index (χ2v) is 8.23. The van der Waals surface area contributed by atoms with E-state index >= 15 is 0 Å². The van der Waals surface area contributed by atoms with Crippen molar-refractivity contribution < 1.29 is 14.3 Å². The van der Waals surface area contributed by atoms with Gasteiger partial charge in [-0.05, 0) is 31.0 Å². The summed E-state index contributed by atoms with van der Waals surface area (Å²) in [7, 11) is 0. The summed E-state index contributed by atoms with van der Waals surface area (Å²) >= 11 is 3.08. The molecule has 2 amide bonds. The first kappa shape index (κ1) is 20.0. The average molecular weight is 416 g/mol. The number of nitrogens with one attached hydrogen (secondary N) is 2. The molecule has 8 heteroatoms. The third-order valence-corrected chi connectivity index (χ3v) is 5.59. The normalized spacial score (nSPS) is 10.5. The maximum Gasteiger partial charge on any atom is 0.407 e. The number of alkyl carbamates (subject to hydrolysis) is 1. The van der Waals surface area contributed by atoms with Gasteiger partial charge in [0.25, 0.3) is 0 Å². The van der Waals surface area contributed by atoms with Crippen LogP contribution < -0.4 is 10.6 Å². The fourth-order valence-corrected chi connectivity index (χ4v) is 4.04. The molecule has 0 fully saturated rings. The molecule has 0 saturated carbocycles. The van der Waals surface area contributed by atoms with Gasteiger partial charge in [0.05, 0.1) is 10.6 Å². The maximum absolute atomic E-state index is 12.0. The highest BCUT2D eigenvalue weighted by atomic mass is 32.1. The number of nitrogens with zero attached hydrogens (tertiary/aromatic N) is 1. The fourth-order valence-electron chi connectivity index (χ4n) is 2.41. The molecule has 146 valence electrons. The van der Waals surface area contributed by atoms with E-state index in [0.29, 0.717) is 24.5 Å². The third-order valence-electron chi connectivity index (χ3n) is 3.81. The van der Waals surface area contributed by atoms with Crippen LogP contribution in [-0.4, -0.2) is 23.5 Å². The Balaban J connectivity index is 1.32. The summed E-state index contributed by atoms with van der Waals surface area (Å²) in [5, 5.41) is 7.97. The van der Waals surface area contributed by atoms with Gasteiger partial charge in [-0.25, -0.2) is 9.78 Å². The lowest BCUT2D eigenvalue weighted by molar-refractivity contribution is -0.116. The predicted molar refractivity (Wildman–Crippen MR) is 113 cm³/mol. The topological polar surface area (TPSA) is 80.3 Å². The summed E-state index contributed by atoms with van der Waals surface area (Å²) in [5.41, 5.74) is 1.80. The van der Waals surface area contributed by atoms with Gasteiger partial charge in [-0.1, -0.05) is 30.3 Å². The van der Waals surface area contributed by atoms with Gasteiger partial charge in [-0.15, -0.1) is 22.7 Å². The Morgan fingerprint density at radius 2 is 1.96 bits per heavy atom. The van der Waals surface area contributed by atoms with Crippen molar-refractivity contribution in [3.8, 4) is 10.6 Å². The number of rotatable bonds is 8. The summed E-state index contributed by atoms with van der Waals surface area (Å²) in [6.07, 6.45) is 0.334. The number of amides is 2. The summed E-state index contributed by atoms with van der Waals surface area (Å²) in [5.74, 6) is -0.122. The molecule has 28 heavy (non-hydrogen) atoms. The van der Waals surface area contributed by atoms with Crippen molar-refractivity contribution in [1.82, 2.24) is 10.3 Å². The zero-order valence-electron chi connectivity index (χ0n) is 15.4. The molecule has 0 radical (unpaired) electrons. The Hall–Kier alpha value is -2.71. The van der Waals surface area contributed by atoms with E-state index in [-0.39, 0.29) is 12.5 Å². The Kier molecular flexibility index (Phi) is 7.16. The summed E-state index contributed by atoms with van der Waals surface area (Å²) in [6, 6.07) is 13.6. The van der Waals surface area contributed by atoms with Crippen LogP contribution in [0, 0.1) is 6.92 Å². The number of hydrogen-bond donors (Lipinski definition) is 2. The van der Waals surface area contributed by atoms with Crippen LogP contribution in [0.2, 0.25) is 0 Å². The van der Waals surface area contributed by atoms with Gasteiger partial charge in [-0.3, -0.25) is 4.79 Å². The number of benzene rings is 1. The minimum absolute atomic E-state index is 0.122. The van der Waals surface area contributed by atoms with Gasteiger partial charge in [0.1, 0.15) is 6.61 Å². The molecule has 0 aliphatic carbocycles. The molecule has 0 spiro atoms. The molecule has 0 atom stereocenters. The van der Waals surface area contributed by atoms with Crippen LogP contribution >= 0.6 is 22.7 Å².